The summed E-state index contributed by atoms with van der Waals surface area (Å²) in [6.45, 7) is 2.05. The smallest absolute Gasteiger partial charge is 0.252 e. The first-order valence-electron chi connectivity index (χ1n) is 7.30. The molecule has 1 unspecified atom stereocenters. The third-order valence-corrected chi connectivity index (χ3v) is 5.55. The largest absolute Gasteiger partial charge is 0.345 e. The van der Waals surface area contributed by atoms with Crippen LogP contribution in [-0.2, 0) is 12.8 Å². The molecule has 0 radical (unpaired) electrons. The number of carbonyl (C=O) groups is 1. The standard InChI is InChI=1S/C17H18BrNOS/c1-11(19-17(20)15-9-16(18)21-10-15)13-7-6-12-4-2-3-5-14(12)8-13/h6-11H,2-5H2,1H3,(H,19,20). The average molecular weight is 364 g/mol. The number of aryl methyl sites for hydroxylation is 2. The molecule has 4 heteroatoms. The Kier molecular flexibility index (Phi) is 4.45. The molecule has 1 aliphatic rings. The van der Waals surface area contributed by atoms with E-state index in [1.54, 1.807) is 0 Å². The summed E-state index contributed by atoms with van der Waals surface area (Å²) in [7, 11) is 0. The molecule has 0 aliphatic heterocycles. The quantitative estimate of drug-likeness (QED) is 0.826. The predicted molar refractivity (Wildman–Crippen MR) is 91.0 cm³/mol. The van der Waals surface area contributed by atoms with Crippen LogP contribution in [0.25, 0.3) is 0 Å². The van der Waals surface area contributed by atoms with E-state index in [2.05, 4.69) is 39.4 Å². The molecule has 1 N–H and O–H groups in total. The van der Waals surface area contributed by atoms with Gasteiger partial charge in [0.1, 0.15) is 0 Å². The fourth-order valence-electron chi connectivity index (χ4n) is 2.82. The molecule has 0 fully saturated rings. The van der Waals surface area contributed by atoms with Crippen molar-refractivity contribution in [2.75, 3.05) is 0 Å². The number of hydrogen-bond donors (Lipinski definition) is 1. The van der Waals surface area contributed by atoms with E-state index in [9.17, 15) is 4.79 Å². The molecule has 1 amide bonds. The highest BCUT2D eigenvalue weighted by atomic mass is 79.9. The van der Waals surface area contributed by atoms with Crippen LogP contribution in [0.3, 0.4) is 0 Å². The van der Waals surface area contributed by atoms with Crippen LogP contribution in [0.1, 0.15) is 52.9 Å². The number of thiophene rings is 1. The van der Waals surface area contributed by atoms with Crippen LogP contribution in [0.4, 0.5) is 0 Å². The van der Waals surface area contributed by atoms with Gasteiger partial charge in [0.15, 0.2) is 0 Å². The van der Waals surface area contributed by atoms with Gasteiger partial charge in [-0.15, -0.1) is 11.3 Å². The van der Waals surface area contributed by atoms with Gasteiger partial charge in [-0.3, -0.25) is 4.79 Å². The molecule has 1 aromatic carbocycles. The van der Waals surface area contributed by atoms with E-state index in [0.29, 0.717) is 0 Å². The fourth-order valence-corrected chi connectivity index (χ4v) is 3.95. The summed E-state index contributed by atoms with van der Waals surface area (Å²) in [6.07, 6.45) is 4.94. The highest BCUT2D eigenvalue weighted by Gasteiger charge is 2.15. The van der Waals surface area contributed by atoms with Crippen molar-refractivity contribution < 1.29 is 4.79 Å². The Morgan fingerprint density at radius 1 is 1.24 bits per heavy atom. The first-order chi connectivity index (χ1) is 10.1. The summed E-state index contributed by atoms with van der Waals surface area (Å²) in [5.41, 5.74) is 4.85. The van der Waals surface area contributed by atoms with Crippen LogP contribution in [0, 0.1) is 0 Å². The van der Waals surface area contributed by atoms with Crippen LogP contribution in [0.15, 0.2) is 33.4 Å². The van der Waals surface area contributed by atoms with E-state index in [0.717, 1.165) is 9.35 Å². The van der Waals surface area contributed by atoms with Gasteiger partial charge in [0, 0.05) is 5.38 Å². The van der Waals surface area contributed by atoms with E-state index < -0.39 is 0 Å². The number of nitrogens with one attached hydrogen (secondary N) is 1. The summed E-state index contributed by atoms with van der Waals surface area (Å²) < 4.78 is 0.981. The Hall–Kier alpha value is -1.13. The monoisotopic (exact) mass is 363 g/mol. The van der Waals surface area contributed by atoms with Crippen molar-refractivity contribution in [1.82, 2.24) is 5.32 Å². The third-order valence-electron chi connectivity index (χ3n) is 4.05. The van der Waals surface area contributed by atoms with Gasteiger partial charge in [0.25, 0.3) is 5.91 Å². The number of hydrogen-bond acceptors (Lipinski definition) is 2. The van der Waals surface area contributed by atoms with Crippen molar-refractivity contribution in [3.05, 3.63) is 55.7 Å². The van der Waals surface area contributed by atoms with Gasteiger partial charge in [-0.1, -0.05) is 18.2 Å². The molecule has 21 heavy (non-hydrogen) atoms. The SMILES string of the molecule is CC(NC(=O)c1csc(Br)c1)c1ccc2c(c1)CCCC2. The molecule has 1 aromatic heterocycles. The van der Waals surface area contributed by atoms with Crippen LogP contribution in [0.5, 0.6) is 0 Å². The van der Waals surface area contributed by atoms with Gasteiger partial charge in [-0.25, -0.2) is 0 Å². The number of rotatable bonds is 3. The molecule has 0 spiro atoms. The lowest BCUT2D eigenvalue weighted by atomic mass is 9.89. The second kappa shape index (κ2) is 6.32. The first kappa shape index (κ1) is 14.8. The average Bonchev–Trinajstić information content (AvgIpc) is 2.93. The van der Waals surface area contributed by atoms with Crippen molar-refractivity contribution >= 4 is 33.2 Å². The van der Waals surface area contributed by atoms with E-state index in [1.165, 1.54) is 53.7 Å². The van der Waals surface area contributed by atoms with Crippen molar-refractivity contribution in [3.63, 3.8) is 0 Å². The van der Waals surface area contributed by atoms with Crippen molar-refractivity contribution in [1.29, 1.82) is 0 Å². The van der Waals surface area contributed by atoms with E-state index in [-0.39, 0.29) is 11.9 Å². The second-order valence-corrected chi connectivity index (χ2v) is 7.86. The van der Waals surface area contributed by atoms with Crippen molar-refractivity contribution in [2.24, 2.45) is 0 Å². The zero-order valence-electron chi connectivity index (χ0n) is 12.0. The molecule has 0 bridgehead atoms. The van der Waals surface area contributed by atoms with Gasteiger partial charge < -0.3 is 5.32 Å². The molecular weight excluding hydrogens is 346 g/mol. The minimum absolute atomic E-state index is 0.0119. The van der Waals surface area contributed by atoms with Crippen molar-refractivity contribution in [3.8, 4) is 0 Å². The van der Waals surface area contributed by atoms with Gasteiger partial charge in [-0.05, 0) is 71.3 Å². The maximum absolute atomic E-state index is 12.2. The van der Waals surface area contributed by atoms with Crippen LogP contribution in [0.2, 0.25) is 0 Å². The Balaban J connectivity index is 1.73. The van der Waals surface area contributed by atoms with Gasteiger partial charge >= 0.3 is 0 Å². The summed E-state index contributed by atoms with van der Waals surface area (Å²) in [6, 6.07) is 8.54. The lowest BCUT2D eigenvalue weighted by Gasteiger charge is -2.20. The highest BCUT2D eigenvalue weighted by molar-refractivity contribution is 9.11. The lowest BCUT2D eigenvalue weighted by molar-refractivity contribution is 0.0940. The van der Waals surface area contributed by atoms with E-state index >= 15 is 0 Å². The zero-order valence-corrected chi connectivity index (χ0v) is 14.4. The van der Waals surface area contributed by atoms with E-state index in [1.807, 2.05) is 18.4 Å². The van der Waals surface area contributed by atoms with Crippen LogP contribution >= 0.6 is 27.3 Å². The fraction of sp³-hybridized carbons (Fsp3) is 0.353. The predicted octanol–water partition coefficient (Wildman–Crippen LogP) is 4.88. The topological polar surface area (TPSA) is 29.1 Å². The number of fused-ring (bicyclic) bond motifs is 1. The minimum atomic E-state index is -0.0119. The molecular formula is C17H18BrNOS. The van der Waals surface area contributed by atoms with Gasteiger partial charge in [-0.2, -0.15) is 0 Å². The molecule has 3 rings (SSSR count). The maximum atomic E-state index is 12.2. The second-order valence-electron chi connectivity index (χ2n) is 5.57. The Morgan fingerprint density at radius 3 is 2.71 bits per heavy atom. The van der Waals surface area contributed by atoms with Crippen LogP contribution in [-0.4, -0.2) is 5.91 Å². The maximum Gasteiger partial charge on any atom is 0.252 e. The molecule has 1 aliphatic carbocycles. The third kappa shape index (κ3) is 3.38. The van der Waals surface area contributed by atoms with Gasteiger partial charge in [0.05, 0.1) is 15.4 Å². The first-order valence-corrected chi connectivity index (χ1v) is 8.97. The van der Waals surface area contributed by atoms with Crippen molar-refractivity contribution in [2.45, 2.75) is 38.6 Å². The summed E-state index contributed by atoms with van der Waals surface area (Å²) >= 11 is 4.92. The zero-order chi connectivity index (χ0) is 14.8. The minimum Gasteiger partial charge on any atom is -0.345 e. The number of carbonyl (C=O) groups excluding carboxylic acids is 1. The molecule has 0 saturated heterocycles. The Morgan fingerprint density at radius 2 is 2.00 bits per heavy atom. The Bertz CT molecular complexity index is 665. The number of benzene rings is 1. The summed E-state index contributed by atoms with van der Waals surface area (Å²) in [5.74, 6) is -0.0119. The molecule has 0 saturated carbocycles. The molecule has 1 atom stereocenters. The molecule has 110 valence electrons. The summed E-state index contributed by atoms with van der Waals surface area (Å²) in [5, 5.41) is 4.95. The van der Waals surface area contributed by atoms with E-state index in [4.69, 9.17) is 0 Å². The molecule has 2 aromatic rings. The normalized spacial score (nSPS) is 15.3. The molecule has 1 heterocycles. The van der Waals surface area contributed by atoms with Crippen LogP contribution < -0.4 is 5.32 Å². The summed E-state index contributed by atoms with van der Waals surface area (Å²) in [4.78, 5) is 12.2. The Labute approximate surface area is 137 Å². The van der Waals surface area contributed by atoms with Gasteiger partial charge in [0.2, 0.25) is 0 Å². The number of halogens is 1. The lowest BCUT2D eigenvalue weighted by Crippen LogP contribution is -2.26. The molecule has 2 nitrogen and oxygen atoms in total. The number of amides is 1. The highest BCUT2D eigenvalue weighted by Crippen LogP contribution is 2.25.